The van der Waals surface area contributed by atoms with Gasteiger partial charge in [0, 0.05) is 0 Å². The summed E-state index contributed by atoms with van der Waals surface area (Å²) in [4.78, 5) is 0. The average Bonchev–Trinajstić information content (AvgIpc) is 3.01. The van der Waals surface area contributed by atoms with Gasteiger partial charge in [0.15, 0.2) is 0 Å². The van der Waals surface area contributed by atoms with Gasteiger partial charge >= 0.3 is 0 Å². The van der Waals surface area contributed by atoms with E-state index in [0.29, 0.717) is 10.8 Å². The van der Waals surface area contributed by atoms with Crippen LogP contribution < -0.4 is 0 Å². The lowest BCUT2D eigenvalue weighted by atomic mass is 9.59. The lowest BCUT2D eigenvalue weighted by molar-refractivity contribution is 0.0630. The zero-order chi connectivity index (χ0) is 21.9. The fraction of sp³-hybridized carbons (Fsp3) is 0.931. The van der Waals surface area contributed by atoms with Gasteiger partial charge in [-0.05, 0) is 105 Å². The average molecular weight is 417 g/mol. The third kappa shape index (κ3) is 5.02. The summed E-state index contributed by atoms with van der Waals surface area (Å²) in [6, 6.07) is 0. The molecule has 0 bridgehead atoms. The van der Waals surface area contributed by atoms with Crippen LogP contribution >= 0.6 is 0 Å². The Morgan fingerprint density at radius 3 is 2.53 bits per heavy atom. The minimum absolute atomic E-state index is 0.0987. The highest BCUT2D eigenvalue weighted by molar-refractivity contribution is 5.19. The Labute approximate surface area is 188 Å². The molecule has 0 aromatic heterocycles. The molecule has 1 heteroatoms. The predicted molar refractivity (Wildman–Crippen MR) is 130 cm³/mol. The van der Waals surface area contributed by atoms with E-state index in [0.717, 1.165) is 42.4 Å². The van der Waals surface area contributed by atoms with E-state index in [2.05, 4.69) is 47.6 Å². The molecule has 0 aromatic carbocycles. The van der Waals surface area contributed by atoms with E-state index in [4.69, 9.17) is 0 Å². The highest BCUT2D eigenvalue weighted by Crippen LogP contribution is 2.57. The number of aliphatic hydroxyl groups excluding tert-OH is 1. The molecule has 0 unspecified atom stereocenters. The van der Waals surface area contributed by atoms with Crippen molar-refractivity contribution in [1.29, 1.82) is 0 Å². The van der Waals surface area contributed by atoms with Gasteiger partial charge in [-0.3, -0.25) is 0 Å². The quantitative estimate of drug-likeness (QED) is 0.430. The molecule has 0 radical (unpaired) electrons. The highest BCUT2D eigenvalue weighted by atomic mass is 16.3. The predicted octanol–water partition coefficient (Wildman–Crippen LogP) is 8.56. The molecule has 174 valence electrons. The van der Waals surface area contributed by atoms with Gasteiger partial charge in [-0.2, -0.15) is 0 Å². The molecule has 7 atom stereocenters. The largest absolute Gasteiger partial charge is 0.393 e. The lowest BCUT2D eigenvalue weighted by Gasteiger charge is -2.46. The van der Waals surface area contributed by atoms with Crippen LogP contribution in [-0.4, -0.2) is 11.2 Å². The molecule has 2 fully saturated rings. The molecule has 0 aliphatic heterocycles. The fourth-order valence-corrected chi connectivity index (χ4v) is 7.79. The first kappa shape index (κ1) is 24.3. The zero-order valence-electron chi connectivity index (χ0n) is 21.2. The third-order valence-corrected chi connectivity index (χ3v) is 10.6. The van der Waals surface area contributed by atoms with E-state index >= 15 is 0 Å². The summed E-state index contributed by atoms with van der Waals surface area (Å²) in [5.41, 5.74) is 2.47. The van der Waals surface area contributed by atoms with Crippen molar-refractivity contribution in [1.82, 2.24) is 0 Å². The molecular weight excluding hydrogens is 364 g/mol. The number of allylic oxidation sites excluding steroid dienone is 1. The van der Waals surface area contributed by atoms with Crippen molar-refractivity contribution >= 4 is 0 Å². The van der Waals surface area contributed by atoms with Crippen LogP contribution in [-0.2, 0) is 0 Å². The van der Waals surface area contributed by atoms with Gasteiger partial charge in [-0.1, -0.05) is 72.5 Å². The summed E-state index contributed by atoms with van der Waals surface area (Å²) in [6.45, 7) is 14.9. The van der Waals surface area contributed by atoms with Crippen LogP contribution in [0.3, 0.4) is 0 Å². The summed E-state index contributed by atoms with van der Waals surface area (Å²) < 4.78 is 0. The Balaban J connectivity index is 1.69. The first-order valence-corrected chi connectivity index (χ1v) is 13.6. The fourth-order valence-electron chi connectivity index (χ4n) is 7.79. The Bertz CT molecular complexity index is 577. The number of aliphatic hydroxyl groups is 1. The van der Waals surface area contributed by atoms with Crippen molar-refractivity contribution in [2.45, 2.75) is 131 Å². The van der Waals surface area contributed by atoms with Gasteiger partial charge < -0.3 is 5.11 Å². The van der Waals surface area contributed by atoms with Gasteiger partial charge in [0.1, 0.15) is 0 Å². The topological polar surface area (TPSA) is 20.2 Å². The first-order valence-electron chi connectivity index (χ1n) is 13.6. The number of hydrogen-bond acceptors (Lipinski definition) is 1. The van der Waals surface area contributed by atoms with Gasteiger partial charge in [0.05, 0.1) is 6.10 Å². The van der Waals surface area contributed by atoms with E-state index in [1.54, 1.807) is 5.57 Å². The van der Waals surface area contributed by atoms with Crippen LogP contribution in [0.2, 0.25) is 0 Å². The zero-order valence-corrected chi connectivity index (χ0v) is 21.2. The van der Waals surface area contributed by atoms with Crippen LogP contribution in [0.4, 0.5) is 0 Å². The highest BCUT2D eigenvalue weighted by Gasteiger charge is 2.47. The molecule has 1 N–H and O–H groups in total. The Hall–Kier alpha value is -0.300. The summed E-state index contributed by atoms with van der Waals surface area (Å²) in [5, 5.41) is 10.3. The van der Waals surface area contributed by atoms with Crippen molar-refractivity contribution in [3.8, 4) is 0 Å². The molecular formula is C29H52O. The van der Waals surface area contributed by atoms with Crippen molar-refractivity contribution < 1.29 is 5.11 Å². The Morgan fingerprint density at radius 2 is 1.83 bits per heavy atom. The molecule has 0 spiro atoms. The molecule has 3 aliphatic rings. The second-order valence-corrected chi connectivity index (χ2v) is 12.4. The van der Waals surface area contributed by atoms with Gasteiger partial charge in [0.2, 0.25) is 0 Å². The molecule has 30 heavy (non-hydrogen) atoms. The monoisotopic (exact) mass is 416 g/mol. The van der Waals surface area contributed by atoms with E-state index in [1.165, 1.54) is 70.6 Å². The van der Waals surface area contributed by atoms with Crippen molar-refractivity contribution in [2.24, 2.45) is 40.4 Å². The molecule has 3 rings (SSSR count). The Morgan fingerprint density at radius 1 is 1.07 bits per heavy atom. The van der Waals surface area contributed by atoms with Crippen molar-refractivity contribution in [2.75, 3.05) is 0 Å². The van der Waals surface area contributed by atoms with E-state index in [9.17, 15) is 5.11 Å². The van der Waals surface area contributed by atoms with Crippen LogP contribution in [0.1, 0.15) is 125 Å². The molecule has 0 saturated heterocycles. The molecule has 1 nitrogen and oxygen atoms in total. The normalized spacial score (nSPS) is 42.9. The minimum atomic E-state index is -0.0987. The third-order valence-electron chi connectivity index (χ3n) is 10.6. The molecule has 0 heterocycles. The van der Waals surface area contributed by atoms with E-state index < -0.39 is 0 Å². The maximum Gasteiger partial charge on any atom is 0.0577 e. The summed E-state index contributed by atoms with van der Waals surface area (Å²) in [6.07, 6.45) is 19.6. The maximum absolute atomic E-state index is 10.3. The van der Waals surface area contributed by atoms with Crippen LogP contribution in [0.25, 0.3) is 0 Å². The molecule has 3 aliphatic carbocycles. The van der Waals surface area contributed by atoms with E-state index in [-0.39, 0.29) is 6.10 Å². The van der Waals surface area contributed by atoms with Crippen LogP contribution in [0.5, 0.6) is 0 Å². The molecule has 2 saturated carbocycles. The van der Waals surface area contributed by atoms with Crippen LogP contribution in [0.15, 0.2) is 11.6 Å². The minimum Gasteiger partial charge on any atom is -0.393 e. The number of fused-ring (bicyclic) bond motifs is 2. The smallest absolute Gasteiger partial charge is 0.0577 e. The van der Waals surface area contributed by atoms with E-state index in [1.807, 2.05) is 0 Å². The second-order valence-electron chi connectivity index (χ2n) is 12.4. The van der Waals surface area contributed by atoms with Gasteiger partial charge in [-0.25, -0.2) is 0 Å². The van der Waals surface area contributed by atoms with Crippen molar-refractivity contribution in [3.05, 3.63) is 11.6 Å². The lowest BCUT2D eigenvalue weighted by Crippen LogP contribution is -2.37. The summed E-state index contributed by atoms with van der Waals surface area (Å²) in [5.74, 6) is 4.36. The van der Waals surface area contributed by atoms with Gasteiger partial charge in [-0.15, -0.1) is 0 Å². The first-order chi connectivity index (χ1) is 14.2. The summed E-state index contributed by atoms with van der Waals surface area (Å²) >= 11 is 0. The molecule has 0 aromatic rings. The second kappa shape index (κ2) is 10.1. The van der Waals surface area contributed by atoms with Crippen molar-refractivity contribution in [3.63, 3.8) is 0 Å². The standard InChI is InChI=1S/C29H52O/c1-7-23(21(2)3)10-8-11-24-14-15-25-12-9-13-26-20-27(30)17-19-28(26,5)22(4)16-18-29(24,25)6/h13,21-25,27,30H,7-12,14-20H2,1-6H3/b26-13-/t22-,23-,24+,25-,27+,28-,29-/m1/s1. The van der Waals surface area contributed by atoms with Gasteiger partial charge in [0.25, 0.3) is 0 Å². The number of hydrogen-bond donors (Lipinski definition) is 1. The summed E-state index contributed by atoms with van der Waals surface area (Å²) in [7, 11) is 0. The Kier molecular flexibility index (Phi) is 8.19. The maximum atomic E-state index is 10.3. The molecule has 0 amide bonds. The van der Waals surface area contributed by atoms with Crippen LogP contribution in [0, 0.1) is 40.4 Å². The SMILES string of the molecule is CC[C@H](CCC[C@H]1CC[C@H]2CC/C=C3/C[C@@H](O)CC[C@]3(C)[C@H](C)CC[C@@]21C)C(C)C. The number of rotatable bonds is 6.